The van der Waals surface area contributed by atoms with Crippen LogP contribution in [0.1, 0.15) is 44.5 Å². The highest BCUT2D eigenvalue weighted by molar-refractivity contribution is 7.89. The van der Waals surface area contributed by atoms with Crippen molar-refractivity contribution in [2.75, 3.05) is 10.6 Å². The number of rotatable bonds is 8. The van der Waals surface area contributed by atoms with E-state index < -0.39 is 15.9 Å². The van der Waals surface area contributed by atoms with Crippen LogP contribution in [0.5, 0.6) is 0 Å². The molecule has 0 spiro atoms. The van der Waals surface area contributed by atoms with E-state index in [-0.39, 0.29) is 33.3 Å². The second-order valence-electron chi connectivity index (χ2n) is 7.60. The van der Waals surface area contributed by atoms with E-state index in [0.717, 1.165) is 0 Å². The Morgan fingerprint density at radius 3 is 2.03 bits per heavy atom. The summed E-state index contributed by atoms with van der Waals surface area (Å²) in [5.74, 6) is -0.372. The fraction of sp³-hybridized carbons (Fsp3) is 0.333. The predicted molar refractivity (Wildman–Crippen MR) is 119 cm³/mol. The first-order valence-electron chi connectivity index (χ1n) is 9.51. The van der Waals surface area contributed by atoms with Gasteiger partial charge in [-0.15, -0.1) is 0 Å². The van der Waals surface area contributed by atoms with Gasteiger partial charge in [-0.2, -0.15) is 0 Å². The fourth-order valence-electron chi connectivity index (χ4n) is 2.64. The summed E-state index contributed by atoms with van der Waals surface area (Å²) in [5.41, 5.74) is 1.13. The van der Waals surface area contributed by atoms with Gasteiger partial charge in [0.05, 0.1) is 15.5 Å². The predicted octanol–water partition coefficient (Wildman–Crippen LogP) is 4.26. The lowest BCUT2D eigenvalue weighted by molar-refractivity contribution is -0.116. The van der Waals surface area contributed by atoms with Crippen molar-refractivity contribution >= 4 is 44.8 Å². The maximum absolute atomic E-state index is 12.6. The molecule has 0 aliphatic heterocycles. The molecule has 0 fully saturated rings. The van der Waals surface area contributed by atoms with Crippen molar-refractivity contribution in [2.24, 2.45) is 5.92 Å². The van der Waals surface area contributed by atoms with E-state index >= 15 is 0 Å². The molecule has 0 bridgehead atoms. The Bertz CT molecular complexity index is 1020. The number of amides is 2. The van der Waals surface area contributed by atoms with Crippen molar-refractivity contribution in [3.8, 4) is 0 Å². The Hall–Kier alpha value is -2.42. The van der Waals surface area contributed by atoms with Crippen molar-refractivity contribution in [3.63, 3.8) is 0 Å². The molecule has 0 atom stereocenters. The first-order valence-corrected chi connectivity index (χ1v) is 11.4. The molecule has 2 aromatic rings. The lowest BCUT2D eigenvalue weighted by atomic mass is 10.1. The molecule has 0 saturated carbocycles. The summed E-state index contributed by atoms with van der Waals surface area (Å²) in [6.45, 7) is 7.33. The van der Waals surface area contributed by atoms with Crippen molar-refractivity contribution in [1.82, 2.24) is 4.72 Å². The molecule has 30 heavy (non-hydrogen) atoms. The van der Waals surface area contributed by atoms with E-state index in [2.05, 4.69) is 15.4 Å². The van der Waals surface area contributed by atoms with Gasteiger partial charge in [0.1, 0.15) is 0 Å². The van der Waals surface area contributed by atoms with Crippen molar-refractivity contribution in [3.05, 3.63) is 53.1 Å². The van der Waals surface area contributed by atoms with Gasteiger partial charge in [-0.3, -0.25) is 9.59 Å². The molecule has 0 saturated heterocycles. The standard InChI is InChI=1S/C21H26ClN3O4S/c1-13(2)11-20(26)23-15-5-7-16(8-6-15)24-21(27)18-12-17(9-10-19(18)22)30(28,29)25-14(3)4/h5-10,12-14,25H,11H2,1-4H3,(H,23,26)(H,24,27). The number of halogens is 1. The van der Waals surface area contributed by atoms with Gasteiger partial charge in [-0.1, -0.05) is 25.4 Å². The highest BCUT2D eigenvalue weighted by Crippen LogP contribution is 2.23. The Morgan fingerprint density at radius 2 is 1.50 bits per heavy atom. The van der Waals surface area contributed by atoms with Crippen molar-refractivity contribution in [2.45, 2.75) is 45.1 Å². The smallest absolute Gasteiger partial charge is 0.257 e. The van der Waals surface area contributed by atoms with Crippen LogP contribution >= 0.6 is 11.6 Å². The van der Waals surface area contributed by atoms with E-state index in [1.807, 2.05) is 13.8 Å². The number of carbonyl (C=O) groups excluding carboxylic acids is 2. The van der Waals surface area contributed by atoms with Crippen LogP contribution in [-0.2, 0) is 14.8 Å². The highest BCUT2D eigenvalue weighted by Gasteiger charge is 2.19. The Labute approximate surface area is 182 Å². The van der Waals surface area contributed by atoms with Crippen LogP contribution in [0, 0.1) is 5.92 Å². The average Bonchev–Trinajstić information content (AvgIpc) is 2.61. The van der Waals surface area contributed by atoms with Gasteiger partial charge in [0.2, 0.25) is 15.9 Å². The Balaban J connectivity index is 2.14. The molecule has 0 radical (unpaired) electrons. The van der Waals surface area contributed by atoms with E-state index in [1.54, 1.807) is 38.1 Å². The molecule has 162 valence electrons. The molecule has 0 aliphatic carbocycles. The molecule has 0 aromatic heterocycles. The number of sulfonamides is 1. The van der Waals surface area contributed by atoms with Gasteiger partial charge < -0.3 is 10.6 Å². The number of hydrogen-bond donors (Lipinski definition) is 3. The van der Waals surface area contributed by atoms with E-state index in [4.69, 9.17) is 11.6 Å². The summed E-state index contributed by atoms with van der Waals surface area (Å²) in [4.78, 5) is 24.4. The van der Waals surface area contributed by atoms with Gasteiger partial charge in [0.25, 0.3) is 5.91 Å². The second kappa shape index (κ2) is 10.1. The minimum atomic E-state index is -3.76. The molecule has 0 aliphatic rings. The largest absolute Gasteiger partial charge is 0.326 e. The Kier molecular flexibility index (Phi) is 8.00. The average molecular weight is 452 g/mol. The first kappa shape index (κ1) is 23.9. The van der Waals surface area contributed by atoms with Crippen LogP contribution in [0.15, 0.2) is 47.4 Å². The van der Waals surface area contributed by atoms with Crippen LogP contribution in [0.25, 0.3) is 0 Å². The topological polar surface area (TPSA) is 104 Å². The van der Waals surface area contributed by atoms with E-state index in [0.29, 0.717) is 17.8 Å². The number of hydrogen-bond acceptors (Lipinski definition) is 4. The summed E-state index contributed by atoms with van der Waals surface area (Å²) in [7, 11) is -3.76. The highest BCUT2D eigenvalue weighted by atomic mass is 35.5. The number of benzene rings is 2. The molecule has 0 heterocycles. The lowest BCUT2D eigenvalue weighted by Crippen LogP contribution is -2.30. The van der Waals surface area contributed by atoms with Gasteiger partial charge in [-0.25, -0.2) is 13.1 Å². The van der Waals surface area contributed by atoms with Crippen molar-refractivity contribution in [1.29, 1.82) is 0 Å². The van der Waals surface area contributed by atoms with E-state index in [1.165, 1.54) is 18.2 Å². The molecule has 2 amide bonds. The summed E-state index contributed by atoms with van der Waals surface area (Å²) < 4.78 is 27.2. The number of carbonyl (C=O) groups is 2. The van der Waals surface area contributed by atoms with Gasteiger partial charge in [0.15, 0.2) is 0 Å². The summed E-state index contributed by atoms with van der Waals surface area (Å²) in [5, 5.41) is 5.60. The minimum Gasteiger partial charge on any atom is -0.326 e. The molecule has 3 N–H and O–H groups in total. The third-order valence-corrected chi connectivity index (χ3v) is 5.89. The normalized spacial score (nSPS) is 11.6. The SMILES string of the molecule is CC(C)CC(=O)Nc1ccc(NC(=O)c2cc(S(=O)(=O)NC(C)C)ccc2Cl)cc1. The van der Waals surface area contributed by atoms with Gasteiger partial charge in [-0.05, 0) is 62.2 Å². The summed E-state index contributed by atoms with van der Waals surface area (Å²) in [6.07, 6.45) is 0.419. The second-order valence-corrected chi connectivity index (χ2v) is 9.72. The first-order chi connectivity index (χ1) is 14.0. The molecule has 7 nitrogen and oxygen atoms in total. The zero-order valence-corrected chi connectivity index (χ0v) is 18.9. The van der Waals surface area contributed by atoms with Crippen LogP contribution < -0.4 is 15.4 Å². The Morgan fingerprint density at radius 1 is 0.933 bits per heavy atom. The molecular weight excluding hydrogens is 426 g/mol. The fourth-order valence-corrected chi connectivity index (χ4v) is 4.12. The maximum atomic E-state index is 12.6. The van der Waals surface area contributed by atoms with E-state index in [9.17, 15) is 18.0 Å². The van der Waals surface area contributed by atoms with Crippen LogP contribution in [-0.4, -0.2) is 26.3 Å². The van der Waals surface area contributed by atoms with Crippen molar-refractivity contribution < 1.29 is 18.0 Å². The van der Waals surface area contributed by atoms with Gasteiger partial charge >= 0.3 is 0 Å². The zero-order chi connectivity index (χ0) is 22.5. The third-order valence-electron chi connectivity index (χ3n) is 3.90. The molecular formula is C21H26ClN3O4S. The quantitative estimate of drug-likeness (QED) is 0.557. The van der Waals surface area contributed by atoms with Crippen LogP contribution in [0.3, 0.4) is 0 Å². The van der Waals surface area contributed by atoms with Crippen LogP contribution in [0.2, 0.25) is 5.02 Å². The lowest BCUT2D eigenvalue weighted by Gasteiger charge is -2.12. The molecule has 0 unspecified atom stereocenters. The monoisotopic (exact) mass is 451 g/mol. The van der Waals surface area contributed by atoms with Gasteiger partial charge in [0, 0.05) is 23.8 Å². The summed E-state index contributed by atoms with van der Waals surface area (Å²) in [6, 6.07) is 10.3. The molecule has 9 heteroatoms. The third kappa shape index (κ3) is 6.83. The minimum absolute atomic E-state index is 0.0395. The maximum Gasteiger partial charge on any atom is 0.257 e. The molecule has 2 aromatic carbocycles. The zero-order valence-electron chi connectivity index (χ0n) is 17.3. The molecule has 2 rings (SSSR count). The van der Waals surface area contributed by atoms with Crippen LogP contribution in [0.4, 0.5) is 11.4 Å². The number of anilines is 2. The summed E-state index contributed by atoms with van der Waals surface area (Å²) >= 11 is 6.11. The number of nitrogens with one attached hydrogen (secondary N) is 3.